The van der Waals surface area contributed by atoms with Gasteiger partial charge in [-0.15, -0.1) is 0 Å². The van der Waals surface area contributed by atoms with E-state index in [1.54, 1.807) is 16.4 Å². The molecule has 1 aromatic rings. The summed E-state index contributed by atoms with van der Waals surface area (Å²) in [7, 11) is -3.49. The molecule has 1 spiro atoms. The summed E-state index contributed by atoms with van der Waals surface area (Å²) in [5, 5.41) is 0. The molecule has 128 valence electrons. The van der Waals surface area contributed by atoms with Gasteiger partial charge in [0.1, 0.15) is 0 Å². The van der Waals surface area contributed by atoms with Crippen LogP contribution in [0.1, 0.15) is 46.1 Å². The first-order valence-electron chi connectivity index (χ1n) is 8.20. The van der Waals surface area contributed by atoms with Crippen molar-refractivity contribution in [3.63, 3.8) is 0 Å². The fourth-order valence-electron chi connectivity index (χ4n) is 4.40. The summed E-state index contributed by atoms with van der Waals surface area (Å²) in [6.45, 7) is 11.4. The van der Waals surface area contributed by atoms with Gasteiger partial charge in [0, 0.05) is 17.5 Å². The van der Waals surface area contributed by atoms with Gasteiger partial charge in [0.05, 0.1) is 17.1 Å². The molecule has 2 aliphatic heterocycles. The molecule has 0 radical (unpaired) electrons. The van der Waals surface area contributed by atoms with E-state index in [1.165, 1.54) is 0 Å². The Morgan fingerprint density at radius 1 is 1.04 bits per heavy atom. The van der Waals surface area contributed by atoms with Gasteiger partial charge in [-0.3, -0.25) is 0 Å². The maximum Gasteiger partial charge on any atom is 0.243 e. The lowest BCUT2D eigenvalue weighted by Crippen LogP contribution is -2.42. The average molecular weight is 337 g/mol. The highest BCUT2D eigenvalue weighted by Gasteiger charge is 2.57. The van der Waals surface area contributed by atoms with Crippen LogP contribution < -0.4 is 0 Å². The molecule has 1 aromatic carbocycles. The van der Waals surface area contributed by atoms with Crippen LogP contribution in [0.3, 0.4) is 0 Å². The standard InChI is InChI=1S/C18H27NO3S/c1-14-6-8-15(9-7-14)23(20,21)19-12-18(10-16(19,2)3)11-17(4,5)22-13-18/h6-9H,10-13H2,1-5H3. The summed E-state index contributed by atoms with van der Waals surface area (Å²) in [6, 6.07) is 7.13. The Hall–Kier alpha value is -0.910. The first-order valence-corrected chi connectivity index (χ1v) is 9.64. The van der Waals surface area contributed by atoms with Crippen molar-refractivity contribution in [1.82, 2.24) is 4.31 Å². The number of sulfonamides is 1. The van der Waals surface area contributed by atoms with Crippen LogP contribution in [0.15, 0.2) is 29.2 Å². The summed E-state index contributed by atoms with van der Waals surface area (Å²) >= 11 is 0. The molecule has 0 bridgehead atoms. The van der Waals surface area contributed by atoms with Crippen LogP contribution in [-0.2, 0) is 14.8 Å². The van der Waals surface area contributed by atoms with E-state index in [2.05, 4.69) is 13.8 Å². The Morgan fingerprint density at radius 3 is 2.17 bits per heavy atom. The molecule has 2 saturated heterocycles. The molecule has 2 aliphatic rings. The molecule has 0 saturated carbocycles. The Labute approximate surface area is 139 Å². The maximum atomic E-state index is 13.1. The molecule has 2 heterocycles. The lowest BCUT2D eigenvalue weighted by Gasteiger charge is -2.30. The average Bonchev–Trinajstić information content (AvgIpc) is 2.85. The molecular formula is C18H27NO3S. The van der Waals surface area contributed by atoms with E-state index < -0.39 is 15.6 Å². The number of hydrogen-bond donors (Lipinski definition) is 0. The quantitative estimate of drug-likeness (QED) is 0.831. The molecule has 0 N–H and O–H groups in total. The van der Waals surface area contributed by atoms with Crippen molar-refractivity contribution in [1.29, 1.82) is 0 Å². The van der Waals surface area contributed by atoms with Gasteiger partial charge in [-0.1, -0.05) is 17.7 Å². The zero-order chi connectivity index (χ0) is 17.1. The van der Waals surface area contributed by atoms with E-state index in [4.69, 9.17) is 4.74 Å². The SMILES string of the molecule is Cc1ccc(S(=O)(=O)N2CC3(COC(C)(C)C3)CC2(C)C)cc1. The van der Waals surface area contributed by atoms with Gasteiger partial charge in [-0.2, -0.15) is 4.31 Å². The summed E-state index contributed by atoms with van der Waals surface area (Å²) in [5.74, 6) is 0. The highest BCUT2D eigenvalue weighted by atomic mass is 32.2. The van der Waals surface area contributed by atoms with Gasteiger partial charge in [-0.25, -0.2) is 8.42 Å². The summed E-state index contributed by atoms with van der Waals surface area (Å²) in [5.41, 5.74) is 0.435. The number of ether oxygens (including phenoxy) is 1. The third-order valence-electron chi connectivity index (χ3n) is 5.14. The Kier molecular flexibility index (Phi) is 3.71. The second kappa shape index (κ2) is 5.04. The molecule has 0 aromatic heterocycles. The van der Waals surface area contributed by atoms with Crippen LogP contribution >= 0.6 is 0 Å². The molecule has 1 atom stereocenters. The fraction of sp³-hybridized carbons (Fsp3) is 0.667. The van der Waals surface area contributed by atoms with Gasteiger partial charge < -0.3 is 4.74 Å². The second-order valence-electron chi connectivity index (χ2n) is 8.54. The maximum absolute atomic E-state index is 13.1. The van der Waals surface area contributed by atoms with Gasteiger partial charge in [0.25, 0.3) is 0 Å². The van der Waals surface area contributed by atoms with Gasteiger partial charge in [0.15, 0.2) is 0 Å². The van der Waals surface area contributed by atoms with E-state index in [1.807, 2.05) is 32.9 Å². The normalized spacial score (nSPS) is 30.1. The summed E-state index contributed by atoms with van der Waals surface area (Å²) in [4.78, 5) is 0.381. The number of rotatable bonds is 2. The second-order valence-corrected chi connectivity index (χ2v) is 10.4. The largest absolute Gasteiger partial charge is 0.375 e. The van der Waals surface area contributed by atoms with E-state index in [0.717, 1.165) is 18.4 Å². The molecular weight excluding hydrogens is 310 g/mol. The molecule has 5 heteroatoms. The lowest BCUT2D eigenvalue weighted by molar-refractivity contribution is 0.0316. The van der Waals surface area contributed by atoms with E-state index >= 15 is 0 Å². The summed E-state index contributed by atoms with van der Waals surface area (Å²) in [6.07, 6.45) is 1.75. The first-order chi connectivity index (χ1) is 10.5. The Bertz CT molecular complexity index is 706. The monoisotopic (exact) mass is 337 g/mol. The molecule has 3 rings (SSSR count). The van der Waals surface area contributed by atoms with Crippen molar-refractivity contribution < 1.29 is 13.2 Å². The minimum absolute atomic E-state index is 0.0647. The fourth-order valence-corrected chi connectivity index (χ4v) is 6.29. The van der Waals surface area contributed by atoms with Crippen molar-refractivity contribution in [3.05, 3.63) is 29.8 Å². The highest BCUT2D eigenvalue weighted by Crippen LogP contribution is 2.52. The van der Waals surface area contributed by atoms with Crippen molar-refractivity contribution >= 4 is 10.0 Å². The van der Waals surface area contributed by atoms with Gasteiger partial charge in [0.2, 0.25) is 10.0 Å². The van der Waals surface area contributed by atoms with Crippen molar-refractivity contribution in [2.75, 3.05) is 13.2 Å². The smallest absolute Gasteiger partial charge is 0.243 e. The Morgan fingerprint density at radius 2 is 1.65 bits per heavy atom. The topological polar surface area (TPSA) is 46.6 Å². The van der Waals surface area contributed by atoms with Crippen molar-refractivity contribution in [3.8, 4) is 0 Å². The van der Waals surface area contributed by atoms with Gasteiger partial charge >= 0.3 is 0 Å². The lowest BCUT2D eigenvalue weighted by atomic mass is 9.78. The van der Waals surface area contributed by atoms with E-state index in [0.29, 0.717) is 18.0 Å². The summed E-state index contributed by atoms with van der Waals surface area (Å²) < 4.78 is 33.9. The van der Waals surface area contributed by atoms with Crippen LogP contribution in [0.5, 0.6) is 0 Å². The van der Waals surface area contributed by atoms with Gasteiger partial charge in [-0.05, 0) is 59.6 Å². The molecule has 2 fully saturated rings. The van der Waals surface area contributed by atoms with Crippen LogP contribution in [0.4, 0.5) is 0 Å². The Balaban J connectivity index is 1.95. The molecule has 1 unspecified atom stereocenters. The van der Waals surface area contributed by atoms with Crippen LogP contribution in [0.2, 0.25) is 0 Å². The molecule has 4 nitrogen and oxygen atoms in total. The van der Waals surface area contributed by atoms with E-state index in [-0.39, 0.29) is 11.0 Å². The zero-order valence-corrected chi connectivity index (χ0v) is 15.5. The van der Waals surface area contributed by atoms with Crippen LogP contribution in [0, 0.1) is 12.3 Å². The predicted molar refractivity (Wildman–Crippen MR) is 90.8 cm³/mol. The molecule has 0 aliphatic carbocycles. The first kappa shape index (κ1) is 16.9. The highest BCUT2D eigenvalue weighted by molar-refractivity contribution is 7.89. The molecule has 23 heavy (non-hydrogen) atoms. The number of benzene rings is 1. The number of aryl methyl sites for hydroxylation is 1. The van der Waals surface area contributed by atoms with Crippen LogP contribution in [-0.4, -0.2) is 37.0 Å². The van der Waals surface area contributed by atoms with Crippen molar-refractivity contribution in [2.45, 2.75) is 63.5 Å². The van der Waals surface area contributed by atoms with Crippen LogP contribution in [0.25, 0.3) is 0 Å². The zero-order valence-electron chi connectivity index (χ0n) is 14.7. The number of hydrogen-bond acceptors (Lipinski definition) is 3. The third kappa shape index (κ3) is 2.94. The molecule has 0 amide bonds. The minimum atomic E-state index is -3.49. The predicted octanol–water partition coefficient (Wildman–Crippen LogP) is 3.35. The third-order valence-corrected chi connectivity index (χ3v) is 7.21. The van der Waals surface area contributed by atoms with E-state index in [9.17, 15) is 8.42 Å². The van der Waals surface area contributed by atoms with Crippen molar-refractivity contribution in [2.24, 2.45) is 5.41 Å². The minimum Gasteiger partial charge on any atom is -0.375 e. The number of nitrogens with zero attached hydrogens (tertiary/aromatic N) is 1.